The largest absolute Gasteiger partial charge is 0.492 e. The van der Waals surface area contributed by atoms with Gasteiger partial charge in [0.05, 0.1) is 0 Å². The molecule has 1 aromatic carbocycles. The minimum atomic E-state index is -0.112. The third kappa shape index (κ3) is 7.42. The first kappa shape index (κ1) is 17.9. The van der Waals surface area contributed by atoms with Crippen LogP contribution >= 0.6 is 11.8 Å². The molecule has 0 bridgehead atoms. The smallest absolute Gasteiger partial charge is 0.119 e. The molecule has 0 saturated carbocycles. The molecule has 0 aliphatic heterocycles. The van der Waals surface area contributed by atoms with E-state index in [4.69, 9.17) is 9.84 Å². The Morgan fingerprint density at radius 3 is 2.67 bits per heavy atom. The van der Waals surface area contributed by atoms with Crippen molar-refractivity contribution in [1.82, 2.24) is 4.90 Å². The number of likely N-dealkylation sites (N-methyl/N-ethyl adjacent to an activating group) is 1. The van der Waals surface area contributed by atoms with Crippen molar-refractivity contribution in [3.05, 3.63) is 29.8 Å². The fourth-order valence-corrected chi connectivity index (χ4v) is 2.39. The quantitative estimate of drug-likeness (QED) is 0.748. The lowest BCUT2D eigenvalue weighted by Gasteiger charge is -2.24. The summed E-state index contributed by atoms with van der Waals surface area (Å²) in [4.78, 5) is 2.33. The molecule has 0 heterocycles. The van der Waals surface area contributed by atoms with Gasteiger partial charge in [0.15, 0.2) is 0 Å². The molecule has 0 saturated heterocycles. The number of hydrogen-bond acceptors (Lipinski definition) is 4. The van der Waals surface area contributed by atoms with Crippen molar-refractivity contribution in [3.63, 3.8) is 0 Å². The Morgan fingerprint density at radius 1 is 1.33 bits per heavy atom. The molecule has 0 radical (unpaired) electrons. The Morgan fingerprint density at radius 2 is 2.05 bits per heavy atom. The predicted molar refractivity (Wildman–Crippen MR) is 91.0 cm³/mol. The Bertz CT molecular complexity index is 450. The van der Waals surface area contributed by atoms with Crippen LogP contribution in [0.5, 0.6) is 5.75 Å². The molecule has 3 nitrogen and oxygen atoms in total. The monoisotopic (exact) mass is 307 g/mol. The first-order valence-corrected chi connectivity index (χ1v) is 8.58. The first-order valence-electron chi connectivity index (χ1n) is 7.19. The van der Waals surface area contributed by atoms with Gasteiger partial charge in [-0.25, -0.2) is 0 Å². The standard InChI is InChI=1S/C17H25NO2S/c1-15(10-14-21-3)18(2)11-13-20-17-8-6-16(7-9-17)5-4-12-19/h6-9,15,19H,10-14H2,1-3H3. The van der Waals surface area contributed by atoms with E-state index in [1.165, 1.54) is 12.2 Å². The lowest BCUT2D eigenvalue weighted by atomic mass is 10.2. The van der Waals surface area contributed by atoms with Gasteiger partial charge in [-0.1, -0.05) is 11.8 Å². The molecule has 4 heteroatoms. The van der Waals surface area contributed by atoms with Gasteiger partial charge in [-0.15, -0.1) is 0 Å². The minimum Gasteiger partial charge on any atom is -0.492 e. The molecule has 1 N–H and O–H groups in total. The lowest BCUT2D eigenvalue weighted by Crippen LogP contribution is -2.33. The summed E-state index contributed by atoms with van der Waals surface area (Å²) in [5, 5.41) is 8.64. The fraction of sp³-hybridized carbons (Fsp3) is 0.529. The zero-order valence-electron chi connectivity index (χ0n) is 13.1. The highest BCUT2D eigenvalue weighted by Gasteiger charge is 2.08. The number of aliphatic hydroxyl groups excluding tert-OH is 1. The van der Waals surface area contributed by atoms with Crippen molar-refractivity contribution < 1.29 is 9.84 Å². The summed E-state index contributed by atoms with van der Waals surface area (Å²) in [7, 11) is 2.14. The van der Waals surface area contributed by atoms with E-state index in [0.717, 1.165) is 17.9 Å². The van der Waals surface area contributed by atoms with Crippen LogP contribution in [0.25, 0.3) is 0 Å². The second kappa shape index (κ2) is 10.6. The van der Waals surface area contributed by atoms with Crippen LogP contribution in [0.3, 0.4) is 0 Å². The van der Waals surface area contributed by atoms with Gasteiger partial charge in [0.2, 0.25) is 0 Å². The second-order valence-electron chi connectivity index (χ2n) is 4.94. The van der Waals surface area contributed by atoms with E-state index >= 15 is 0 Å². The highest BCUT2D eigenvalue weighted by Crippen LogP contribution is 2.12. The highest BCUT2D eigenvalue weighted by atomic mass is 32.2. The molecule has 1 aromatic rings. The van der Waals surface area contributed by atoms with E-state index in [9.17, 15) is 0 Å². The number of hydrogen-bond donors (Lipinski definition) is 1. The Hall–Kier alpha value is -1.15. The van der Waals surface area contributed by atoms with Crippen LogP contribution in [0.1, 0.15) is 18.9 Å². The van der Waals surface area contributed by atoms with Gasteiger partial charge >= 0.3 is 0 Å². The molecule has 0 aliphatic carbocycles. The van der Waals surface area contributed by atoms with Crippen LogP contribution in [0.15, 0.2) is 24.3 Å². The summed E-state index contributed by atoms with van der Waals surface area (Å²) < 4.78 is 5.75. The maximum Gasteiger partial charge on any atom is 0.119 e. The number of aliphatic hydroxyl groups is 1. The molecule has 1 atom stereocenters. The molecule has 1 rings (SSSR count). The first-order chi connectivity index (χ1) is 10.2. The Balaban J connectivity index is 2.32. The van der Waals surface area contributed by atoms with Gasteiger partial charge in [0.1, 0.15) is 19.0 Å². The van der Waals surface area contributed by atoms with Crippen molar-refractivity contribution in [2.75, 3.05) is 38.8 Å². The number of nitrogens with zero attached hydrogens (tertiary/aromatic N) is 1. The Labute approximate surface area is 132 Å². The maximum atomic E-state index is 8.64. The van der Waals surface area contributed by atoms with Crippen molar-refractivity contribution in [2.45, 2.75) is 19.4 Å². The topological polar surface area (TPSA) is 32.7 Å². The number of rotatable bonds is 8. The van der Waals surface area contributed by atoms with E-state index in [0.29, 0.717) is 12.6 Å². The van der Waals surface area contributed by atoms with Crippen LogP contribution in [-0.2, 0) is 0 Å². The van der Waals surface area contributed by atoms with Gasteiger partial charge in [0.25, 0.3) is 0 Å². The van der Waals surface area contributed by atoms with E-state index in [2.05, 4.69) is 37.0 Å². The van der Waals surface area contributed by atoms with E-state index < -0.39 is 0 Å². The molecule has 0 amide bonds. The molecule has 1 unspecified atom stereocenters. The van der Waals surface area contributed by atoms with Crippen molar-refractivity contribution in [3.8, 4) is 17.6 Å². The van der Waals surface area contributed by atoms with E-state index in [1.807, 2.05) is 36.0 Å². The third-order valence-electron chi connectivity index (χ3n) is 3.37. The molecular formula is C17H25NO2S. The summed E-state index contributed by atoms with van der Waals surface area (Å²) in [6.07, 6.45) is 3.35. The van der Waals surface area contributed by atoms with E-state index in [1.54, 1.807) is 0 Å². The molecule has 0 spiro atoms. The summed E-state index contributed by atoms with van der Waals surface area (Å²) in [6, 6.07) is 8.22. The van der Waals surface area contributed by atoms with Gasteiger partial charge < -0.3 is 14.7 Å². The summed E-state index contributed by atoms with van der Waals surface area (Å²) in [5.74, 6) is 7.55. The van der Waals surface area contributed by atoms with Crippen molar-refractivity contribution in [1.29, 1.82) is 0 Å². The summed E-state index contributed by atoms with van der Waals surface area (Å²) >= 11 is 1.89. The second-order valence-corrected chi connectivity index (χ2v) is 5.93. The predicted octanol–water partition coefficient (Wildman–Crippen LogP) is 2.48. The zero-order valence-corrected chi connectivity index (χ0v) is 13.9. The minimum absolute atomic E-state index is 0.112. The SMILES string of the molecule is CSCCC(C)N(C)CCOc1ccc(C#CCO)cc1. The average Bonchev–Trinajstić information content (AvgIpc) is 2.51. The van der Waals surface area contributed by atoms with Crippen LogP contribution in [0, 0.1) is 11.8 Å². The lowest BCUT2D eigenvalue weighted by molar-refractivity contribution is 0.197. The summed E-state index contributed by atoms with van der Waals surface area (Å²) in [5.41, 5.74) is 0.888. The Kier molecular flexibility index (Phi) is 9.00. The fourth-order valence-electron chi connectivity index (χ4n) is 1.81. The van der Waals surface area contributed by atoms with Gasteiger partial charge in [-0.2, -0.15) is 11.8 Å². The number of ether oxygens (including phenoxy) is 1. The van der Waals surface area contributed by atoms with Crippen LogP contribution in [0.2, 0.25) is 0 Å². The maximum absolute atomic E-state index is 8.64. The third-order valence-corrected chi connectivity index (χ3v) is 4.01. The molecular weight excluding hydrogens is 282 g/mol. The highest BCUT2D eigenvalue weighted by molar-refractivity contribution is 7.98. The van der Waals surface area contributed by atoms with Gasteiger partial charge in [0, 0.05) is 18.2 Å². The number of benzene rings is 1. The van der Waals surface area contributed by atoms with E-state index in [-0.39, 0.29) is 6.61 Å². The van der Waals surface area contributed by atoms with Crippen molar-refractivity contribution >= 4 is 11.8 Å². The van der Waals surface area contributed by atoms with Crippen LogP contribution in [-0.4, -0.2) is 54.9 Å². The molecule has 116 valence electrons. The molecule has 0 fully saturated rings. The summed E-state index contributed by atoms with van der Waals surface area (Å²) in [6.45, 7) is 3.74. The zero-order chi connectivity index (χ0) is 15.5. The molecule has 0 aromatic heterocycles. The van der Waals surface area contributed by atoms with Gasteiger partial charge in [-0.05, 0) is 56.7 Å². The molecule has 0 aliphatic rings. The van der Waals surface area contributed by atoms with Crippen molar-refractivity contribution in [2.24, 2.45) is 0 Å². The number of thioether (sulfide) groups is 1. The van der Waals surface area contributed by atoms with Crippen LogP contribution < -0.4 is 4.74 Å². The van der Waals surface area contributed by atoms with Gasteiger partial charge in [-0.3, -0.25) is 0 Å². The normalized spacial score (nSPS) is 11.9. The average molecular weight is 307 g/mol. The van der Waals surface area contributed by atoms with Crippen LogP contribution in [0.4, 0.5) is 0 Å². The molecule has 21 heavy (non-hydrogen) atoms.